The van der Waals surface area contributed by atoms with Crippen LogP contribution in [0.4, 0.5) is 5.69 Å². The smallest absolute Gasteiger partial charge is 0.268 e. The molecule has 4 heterocycles. The van der Waals surface area contributed by atoms with Crippen molar-refractivity contribution in [3.05, 3.63) is 144 Å². The van der Waals surface area contributed by atoms with E-state index in [0.29, 0.717) is 57.4 Å². The van der Waals surface area contributed by atoms with Gasteiger partial charge in [-0.1, -0.05) is 48.5 Å². The third-order valence-electron chi connectivity index (χ3n) is 9.34. The Bertz CT molecular complexity index is 2640. The normalized spacial score (nSPS) is 12.7. The highest BCUT2D eigenvalue weighted by atomic mass is 16.2. The van der Waals surface area contributed by atoms with Crippen LogP contribution in [0.15, 0.2) is 109 Å². The molecule has 52 heavy (non-hydrogen) atoms. The first kappa shape index (κ1) is 31.1. The zero-order valence-corrected chi connectivity index (χ0v) is 28.8. The predicted octanol–water partition coefficient (Wildman–Crippen LogP) is 8.19. The first-order chi connectivity index (χ1) is 25.2. The molecule has 0 spiro atoms. The molecule has 0 saturated carbocycles. The van der Waals surface area contributed by atoms with Gasteiger partial charge in [0.25, 0.3) is 11.8 Å². The summed E-state index contributed by atoms with van der Waals surface area (Å²) in [6.07, 6.45) is 0. The maximum atomic E-state index is 14.5. The van der Waals surface area contributed by atoms with Crippen molar-refractivity contribution in [1.82, 2.24) is 34.5 Å². The van der Waals surface area contributed by atoms with Gasteiger partial charge in [0, 0.05) is 21.9 Å². The van der Waals surface area contributed by atoms with Crippen molar-refractivity contribution in [2.24, 2.45) is 0 Å². The number of anilines is 1. The van der Waals surface area contributed by atoms with Crippen LogP contribution in [0.5, 0.6) is 0 Å². The maximum Gasteiger partial charge on any atom is 0.268 e. The Kier molecular flexibility index (Phi) is 7.08. The molecule has 0 aliphatic carbocycles. The van der Waals surface area contributed by atoms with Crippen LogP contribution in [0.3, 0.4) is 0 Å². The summed E-state index contributed by atoms with van der Waals surface area (Å²) in [5.74, 6) is 2.94. The minimum absolute atomic E-state index is 0.344. The Hall–Kier alpha value is -6.94. The fourth-order valence-corrected chi connectivity index (χ4v) is 7.19. The molecule has 0 bridgehead atoms. The van der Waals surface area contributed by atoms with Crippen LogP contribution >= 0.6 is 0 Å². The van der Waals surface area contributed by atoms with Gasteiger partial charge in [-0.3, -0.25) is 9.59 Å². The molecule has 10 heteroatoms. The van der Waals surface area contributed by atoms with Crippen molar-refractivity contribution >= 4 is 39.3 Å². The van der Waals surface area contributed by atoms with Gasteiger partial charge in [-0.15, -0.1) is 0 Å². The summed E-state index contributed by atoms with van der Waals surface area (Å²) in [4.78, 5) is 57.1. The molecule has 0 saturated heterocycles. The van der Waals surface area contributed by atoms with Gasteiger partial charge in [-0.05, 0) is 99.5 Å². The summed E-state index contributed by atoms with van der Waals surface area (Å²) >= 11 is 0. The summed E-state index contributed by atoms with van der Waals surface area (Å²) < 4.78 is 2.06. The van der Waals surface area contributed by atoms with Gasteiger partial charge in [0.05, 0.1) is 33.5 Å². The van der Waals surface area contributed by atoms with E-state index in [1.165, 1.54) is 4.90 Å². The predicted molar refractivity (Wildman–Crippen MR) is 200 cm³/mol. The molecule has 3 aromatic heterocycles. The lowest BCUT2D eigenvalue weighted by Crippen LogP contribution is -2.29. The van der Waals surface area contributed by atoms with Crippen molar-refractivity contribution in [3.63, 3.8) is 0 Å². The van der Waals surface area contributed by atoms with Crippen molar-refractivity contribution in [2.45, 2.75) is 27.7 Å². The van der Waals surface area contributed by atoms with E-state index in [-0.39, 0.29) is 11.8 Å². The van der Waals surface area contributed by atoms with E-state index < -0.39 is 0 Å². The Labute approximate surface area is 298 Å². The average molecular weight is 679 g/mol. The van der Waals surface area contributed by atoms with Gasteiger partial charge in [0.1, 0.15) is 23.3 Å². The topological polar surface area (TPSA) is 120 Å². The number of carbonyl (C=O) groups excluding carboxylic acids is 2. The van der Waals surface area contributed by atoms with Crippen LogP contribution in [0, 0.1) is 27.7 Å². The number of hydrogen-bond donors (Lipinski definition) is 0. The molecule has 0 unspecified atom stereocenters. The highest BCUT2D eigenvalue weighted by Gasteiger charge is 2.39. The number of hydrogen-bond acceptors (Lipinski definition) is 8. The van der Waals surface area contributed by atoms with Gasteiger partial charge in [-0.2, -0.15) is 0 Å². The number of imide groups is 1. The molecule has 9 rings (SSSR count). The Morgan fingerprint density at radius 2 is 1.00 bits per heavy atom. The molecular formula is C42H30N8O2. The standard InChI is InChI=1S/C42H30N8O2/c1-23-43-24(2)46-39(45-23)29-16-18-35-33(21-29)34-22-30(40-47-25(3)44-26(4)48-40)17-19-36(34)50(35)37-15-9-14-32-38(37)42(52)49(41(32)51)31-13-8-12-28(20-31)27-10-6-5-7-11-27/h5-22H,1-4H3. The van der Waals surface area contributed by atoms with Crippen LogP contribution in [-0.2, 0) is 0 Å². The third kappa shape index (κ3) is 5.03. The highest BCUT2D eigenvalue weighted by molar-refractivity contribution is 6.36. The second-order valence-electron chi connectivity index (χ2n) is 12.9. The summed E-state index contributed by atoms with van der Waals surface area (Å²) in [6.45, 7) is 7.40. The van der Waals surface area contributed by atoms with Crippen LogP contribution in [0.1, 0.15) is 44.0 Å². The summed E-state index contributed by atoms with van der Waals surface area (Å²) in [7, 11) is 0. The van der Waals surface area contributed by atoms with E-state index in [0.717, 1.165) is 44.1 Å². The van der Waals surface area contributed by atoms with E-state index in [9.17, 15) is 9.59 Å². The molecule has 10 nitrogen and oxygen atoms in total. The van der Waals surface area contributed by atoms with Gasteiger partial charge < -0.3 is 4.57 Å². The molecule has 8 aromatic rings. The SMILES string of the molecule is Cc1nc(C)nc(-c2ccc3c(c2)c2cc(-c4nc(C)nc(C)n4)ccc2n3-c2cccc3c2C(=O)N(c2cccc(-c4ccccc4)c2)C3=O)n1. The van der Waals surface area contributed by atoms with Crippen LogP contribution in [0.2, 0.25) is 0 Å². The summed E-state index contributed by atoms with van der Waals surface area (Å²) in [5, 5.41) is 1.82. The van der Waals surface area contributed by atoms with Gasteiger partial charge in [0.15, 0.2) is 11.6 Å². The molecule has 0 N–H and O–H groups in total. The zero-order valence-electron chi connectivity index (χ0n) is 28.8. The van der Waals surface area contributed by atoms with E-state index in [4.69, 9.17) is 0 Å². The second-order valence-corrected chi connectivity index (χ2v) is 12.9. The van der Waals surface area contributed by atoms with Crippen molar-refractivity contribution in [1.29, 1.82) is 0 Å². The molecule has 5 aromatic carbocycles. The maximum absolute atomic E-state index is 14.5. The molecular weight excluding hydrogens is 649 g/mol. The number of benzene rings is 5. The highest BCUT2D eigenvalue weighted by Crippen LogP contribution is 2.40. The number of fused-ring (bicyclic) bond motifs is 4. The van der Waals surface area contributed by atoms with E-state index in [1.54, 1.807) is 12.1 Å². The number of aryl methyl sites for hydroxylation is 4. The Balaban J connectivity index is 1.25. The molecule has 250 valence electrons. The lowest BCUT2D eigenvalue weighted by Gasteiger charge is -2.16. The fraction of sp³-hybridized carbons (Fsp3) is 0.0952. The number of rotatable bonds is 5. The first-order valence-corrected chi connectivity index (χ1v) is 16.9. The monoisotopic (exact) mass is 678 g/mol. The second kappa shape index (κ2) is 11.8. The molecule has 0 atom stereocenters. The molecule has 1 aliphatic heterocycles. The number of aromatic nitrogens is 7. The van der Waals surface area contributed by atoms with Crippen LogP contribution in [-0.4, -0.2) is 46.3 Å². The Morgan fingerprint density at radius 3 is 1.58 bits per heavy atom. The van der Waals surface area contributed by atoms with Gasteiger partial charge in [0.2, 0.25) is 0 Å². The largest absolute Gasteiger partial charge is 0.308 e. The van der Waals surface area contributed by atoms with E-state index >= 15 is 0 Å². The number of amides is 2. The quantitative estimate of drug-likeness (QED) is 0.167. The number of nitrogens with zero attached hydrogens (tertiary/aromatic N) is 8. The Morgan fingerprint density at radius 1 is 0.462 bits per heavy atom. The minimum atomic E-state index is -0.378. The molecule has 2 amide bonds. The van der Waals surface area contributed by atoms with E-state index in [1.807, 2.05) is 113 Å². The lowest BCUT2D eigenvalue weighted by atomic mass is 10.0. The zero-order chi connectivity index (χ0) is 35.7. The van der Waals surface area contributed by atoms with Gasteiger partial charge in [-0.25, -0.2) is 34.8 Å². The molecule has 1 aliphatic rings. The lowest BCUT2D eigenvalue weighted by molar-refractivity contribution is 0.0926. The van der Waals surface area contributed by atoms with Crippen molar-refractivity contribution < 1.29 is 9.59 Å². The van der Waals surface area contributed by atoms with E-state index in [2.05, 4.69) is 46.6 Å². The minimum Gasteiger partial charge on any atom is -0.308 e. The molecule has 0 radical (unpaired) electrons. The van der Waals surface area contributed by atoms with Crippen molar-refractivity contribution in [3.8, 4) is 39.6 Å². The van der Waals surface area contributed by atoms with Crippen LogP contribution in [0.25, 0.3) is 61.4 Å². The first-order valence-electron chi connectivity index (χ1n) is 16.9. The van der Waals surface area contributed by atoms with Gasteiger partial charge >= 0.3 is 0 Å². The van der Waals surface area contributed by atoms with Crippen LogP contribution < -0.4 is 4.90 Å². The summed E-state index contributed by atoms with van der Waals surface area (Å²) in [6, 6.07) is 35.0. The number of carbonyl (C=O) groups is 2. The summed E-state index contributed by atoms with van der Waals surface area (Å²) in [5.41, 5.74) is 7.07. The average Bonchev–Trinajstić information content (AvgIpc) is 3.60. The van der Waals surface area contributed by atoms with Crippen molar-refractivity contribution in [2.75, 3.05) is 4.90 Å². The fourth-order valence-electron chi connectivity index (χ4n) is 7.19. The molecule has 0 fully saturated rings. The third-order valence-corrected chi connectivity index (χ3v) is 9.34.